The van der Waals surface area contributed by atoms with Crippen molar-refractivity contribution in [2.45, 2.75) is 39.3 Å². The summed E-state index contributed by atoms with van der Waals surface area (Å²) >= 11 is 0. The molecule has 1 atom stereocenters. The Balaban J connectivity index is 1.64. The summed E-state index contributed by atoms with van der Waals surface area (Å²) in [4.78, 5) is 12.9. The van der Waals surface area contributed by atoms with Crippen molar-refractivity contribution in [3.8, 4) is 28.3 Å². The van der Waals surface area contributed by atoms with Gasteiger partial charge in [0.15, 0.2) is 6.10 Å². The highest BCUT2D eigenvalue weighted by Crippen LogP contribution is 2.27. The molecule has 35 heavy (non-hydrogen) atoms. The summed E-state index contributed by atoms with van der Waals surface area (Å²) in [5.41, 5.74) is 3.93. The van der Waals surface area contributed by atoms with Gasteiger partial charge >= 0.3 is 5.97 Å². The van der Waals surface area contributed by atoms with Gasteiger partial charge in [0.25, 0.3) is 0 Å². The van der Waals surface area contributed by atoms with Crippen LogP contribution in [0, 0.1) is 5.92 Å². The van der Waals surface area contributed by atoms with Gasteiger partial charge in [-0.15, -0.1) is 0 Å². The highest BCUT2D eigenvalue weighted by molar-refractivity contribution is 5.72. The Labute approximate surface area is 207 Å². The van der Waals surface area contributed by atoms with E-state index in [1.807, 2.05) is 97.4 Å². The van der Waals surface area contributed by atoms with Crippen molar-refractivity contribution in [3.05, 3.63) is 97.1 Å². The van der Waals surface area contributed by atoms with Gasteiger partial charge in [-0.2, -0.15) is 5.10 Å². The molecule has 5 heteroatoms. The second-order valence-electron chi connectivity index (χ2n) is 8.53. The van der Waals surface area contributed by atoms with Crippen molar-refractivity contribution < 1.29 is 14.3 Å². The average molecular weight is 469 g/mol. The van der Waals surface area contributed by atoms with Crippen LogP contribution in [0.15, 0.2) is 97.1 Å². The molecule has 5 nitrogen and oxygen atoms in total. The van der Waals surface area contributed by atoms with Crippen molar-refractivity contribution in [1.29, 1.82) is 0 Å². The van der Waals surface area contributed by atoms with Crippen LogP contribution >= 0.6 is 0 Å². The van der Waals surface area contributed by atoms with Gasteiger partial charge in [-0.1, -0.05) is 92.7 Å². The molecule has 0 aliphatic carbocycles. The molecule has 1 aromatic heterocycles. The van der Waals surface area contributed by atoms with Crippen LogP contribution in [0.3, 0.4) is 0 Å². The van der Waals surface area contributed by atoms with Gasteiger partial charge in [-0.05, 0) is 36.6 Å². The fourth-order valence-electron chi connectivity index (χ4n) is 4.05. The third kappa shape index (κ3) is 6.38. The maximum atomic E-state index is 12.9. The maximum absolute atomic E-state index is 12.9. The molecule has 180 valence electrons. The van der Waals surface area contributed by atoms with Crippen LogP contribution < -0.4 is 4.74 Å². The third-order valence-electron chi connectivity index (χ3n) is 6.08. The number of aromatic nitrogens is 2. The van der Waals surface area contributed by atoms with Crippen LogP contribution in [0.25, 0.3) is 22.5 Å². The Morgan fingerprint density at radius 3 is 2.00 bits per heavy atom. The summed E-state index contributed by atoms with van der Waals surface area (Å²) in [6.07, 6.45) is 1.00. The molecule has 0 spiro atoms. The van der Waals surface area contributed by atoms with Crippen LogP contribution in [0.2, 0.25) is 0 Å². The van der Waals surface area contributed by atoms with Crippen LogP contribution in [0.1, 0.15) is 26.7 Å². The number of nitrogens with zero attached hydrogens (tertiary/aromatic N) is 2. The quantitative estimate of drug-likeness (QED) is 0.231. The summed E-state index contributed by atoms with van der Waals surface area (Å²) in [5, 5.41) is 4.91. The minimum atomic E-state index is -0.491. The van der Waals surface area contributed by atoms with Gasteiger partial charge < -0.3 is 9.47 Å². The predicted octanol–water partition coefficient (Wildman–Crippen LogP) is 6.64. The summed E-state index contributed by atoms with van der Waals surface area (Å²) in [7, 11) is 0. The van der Waals surface area contributed by atoms with Crippen molar-refractivity contribution in [2.75, 3.05) is 6.61 Å². The number of esters is 1. The molecule has 0 fully saturated rings. The first-order valence-corrected chi connectivity index (χ1v) is 12.2. The summed E-state index contributed by atoms with van der Waals surface area (Å²) < 4.78 is 13.9. The number of ether oxygens (including phenoxy) is 2. The Kier molecular flexibility index (Phi) is 8.34. The molecule has 0 aliphatic heterocycles. The minimum Gasteiger partial charge on any atom is -0.490 e. The van der Waals surface area contributed by atoms with E-state index in [4.69, 9.17) is 14.6 Å². The molecule has 3 aromatic carbocycles. The van der Waals surface area contributed by atoms with E-state index in [1.165, 1.54) is 0 Å². The lowest BCUT2D eigenvalue weighted by Crippen LogP contribution is -2.32. The molecule has 0 saturated heterocycles. The van der Waals surface area contributed by atoms with Gasteiger partial charge in [0.05, 0.1) is 23.9 Å². The van der Waals surface area contributed by atoms with E-state index in [2.05, 4.69) is 18.2 Å². The van der Waals surface area contributed by atoms with Gasteiger partial charge in [0, 0.05) is 5.56 Å². The molecule has 1 unspecified atom stereocenters. The summed E-state index contributed by atoms with van der Waals surface area (Å²) in [5.74, 6) is 0.429. The third-order valence-corrected chi connectivity index (χ3v) is 6.08. The summed E-state index contributed by atoms with van der Waals surface area (Å²) in [6.45, 7) is 4.65. The molecule has 0 saturated carbocycles. The van der Waals surface area contributed by atoms with Crippen LogP contribution in [-0.4, -0.2) is 28.5 Å². The first kappa shape index (κ1) is 24.3. The molecule has 4 rings (SSSR count). The Bertz CT molecular complexity index is 1190. The number of carbonyl (C=O) groups is 1. The number of hydrogen-bond acceptors (Lipinski definition) is 4. The van der Waals surface area contributed by atoms with Crippen molar-refractivity contribution >= 4 is 5.97 Å². The number of carbonyl (C=O) groups excluding carboxylic acids is 1. The number of rotatable bonds is 11. The SMILES string of the molecule is CCC(CC)C(=O)OC(COc1ccccc1)Cn1nc(-c2ccccc2)cc1-c1ccccc1. The molecular weight excluding hydrogens is 436 g/mol. The van der Waals surface area contributed by atoms with E-state index in [-0.39, 0.29) is 18.5 Å². The zero-order valence-corrected chi connectivity index (χ0v) is 20.3. The molecule has 0 radical (unpaired) electrons. The van der Waals surface area contributed by atoms with Gasteiger partial charge in [-0.3, -0.25) is 9.48 Å². The van der Waals surface area contributed by atoms with Crippen LogP contribution in [-0.2, 0) is 16.1 Å². The fraction of sp³-hybridized carbons (Fsp3) is 0.267. The smallest absolute Gasteiger partial charge is 0.309 e. The molecule has 0 bridgehead atoms. The van der Waals surface area contributed by atoms with E-state index < -0.39 is 6.10 Å². The lowest BCUT2D eigenvalue weighted by molar-refractivity contribution is -0.156. The monoisotopic (exact) mass is 468 g/mol. The molecule has 0 amide bonds. The van der Waals surface area contributed by atoms with Crippen molar-refractivity contribution in [1.82, 2.24) is 9.78 Å². The number of para-hydroxylation sites is 1. The number of hydrogen-bond donors (Lipinski definition) is 0. The maximum Gasteiger partial charge on any atom is 0.309 e. The molecule has 0 N–H and O–H groups in total. The van der Waals surface area contributed by atoms with Crippen molar-refractivity contribution in [3.63, 3.8) is 0 Å². The van der Waals surface area contributed by atoms with Crippen LogP contribution in [0.4, 0.5) is 0 Å². The Morgan fingerprint density at radius 1 is 0.829 bits per heavy atom. The fourth-order valence-corrected chi connectivity index (χ4v) is 4.05. The number of benzene rings is 3. The average Bonchev–Trinajstić information content (AvgIpc) is 3.33. The minimum absolute atomic E-state index is 0.125. The second-order valence-corrected chi connectivity index (χ2v) is 8.53. The lowest BCUT2D eigenvalue weighted by atomic mass is 10.0. The largest absolute Gasteiger partial charge is 0.490 e. The normalized spacial score (nSPS) is 11.9. The predicted molar refractivity (Wildman–Crippen MR) is 139 cm³/mol. The first-order valence-electron chi connectivity index (χ1n) is 12.2. The molecule has 1 heterocycles. The summed E-state index contributed by atoms with van der Waals surface area (Å²) in [6, 6.07) is 31.9. The Hall–Kier alpha value is -3.86. The second kappa shape index (κ2) is 12.0. The molecule has 4 aromatic rings. The Morgan fingerprint density at radius 2 is 1.40 bits per heavy atom. The van der Waals surface area contributed by atoms with Gasteiger partial charge in [0.2, 0.25) is 0 Å². The zero-order valence-electron chi connectivity index (χ0n) is 20.3. The van der Waals surface area contributed by atoms with E-state index in [0.29, 0.717) is 6.54 Å². The van der Waals surface area contributed by atoms with Gasteiger partial charge in [-0.25, -0.2) is 0 Å². The van der Waals surface area contributed by atoms with E-state index in [0.717, 1.165) is 41.1 Å². The first-order chi connectivity index (χ1) is 17.2. The lowest BCUT2D eigenvalue weighted by Gasteiger charge is -2.22. The zero-order chi connectivity index (χ0) is 24.5. The standard InChI is InChI=1S/C30H32N2O3/c1-3-23(4-2)30(33)35-27(22-34-26-18-12-7-13-19-26)21-32-29(25-16-10-6-11-17-25)20-28(31-32)24-14-8-5-9-15-24/h5-20,23,27H,3-4,21-22H2,1-2H3. The van der Waals surface area contributed by atoms with E-state index >= 15 is 0 Å². The highest BCUT2D eigenvalue weighted by atomic mass is 16.6. The molecular formula is C30H32N2O3. The topological polar surface area (TPSA) is 53.4 Å². The van der Waals surface area contributed by atoms with E-state index in [9.17, 15) is 4.79 Å². The van der Waals surface area contributed by atoms with Gasteiger partial charge in [0.1, 0.15) is 12.4 Å². The highest BCUT2D eigenvalue weighted by Gasteiger charge is 2.24. The van der Waals surface area contributed by atoms with Crippen LogP contribution in [0.5, 0.6) is 5.75 Å². The van der Waals surface area contributed by atoms with Crippen molar-refractivity contribution in [2.24, 2.45) is 5.92 Å². The molecule has 0 aliphatic rings. The van der Waals surface area contributed by atoms with E-state index in [1.54, 1.807) is 0 Å².